The van der Waals surface area contributed by atoms with Crippen LogP contribution in [0.25, 0.3) is 0 Å². The van der Waals surface area contributed by atoms with Gasteiger partial charge in [0.05, 0.1) is 25.7 Å². The molecule has 0 saturated carbocycles. The van der Waals surface area contributed by atoms with Crippen LogP contribution >= 0.6 is 0 Å². The Labute approximate surface area is 184 Å². The summed E-state index contributed by atoms with van der Waals surface area (Å²) < 4.78 is 38.3. The van der Waals surface area contributed by atoms with Gasteiger partial charge in [0.1, 0.15) is 0 Å². The number of hydrogen-bond acceptors (Lipinski definition) is 5. The van der Waals surface area contributed by atoms with E-state index >= 15 is 0 Å². The molecule has 0 aliphatic carbocycles. The molecule has 0 unspecified atom stereocenters. The zero-order valence-corrected chi connectivity index (χ0v) is 19.2. The number of hydrogen-bond donors (Lipinski definition) is 0. The summed E-state index contributed by atoms with van der Waals surface area (Å²) in [6, 6.07) is 12.1. The number of carbonyl (C=O) groups excluding carboxylic acids is 1. The molecule has 1 heterocycles. The van der Waals surface area contributed by atoms with Gasteiger partial charge in [-0.05, 0) is 48.2 Å². The second-order valence-electron chi connectivity index (χ2n) is 7.55. The zero-order chi connectivity index (χ0) is 22.4. The van der Waals surface area contributed by atoms with Gasteiger partial charge < -0.3 is 14.4 Å². The Morgan fingerprint density at radius 2 is 1.71 bits per heavy atom. The molecule has 0 spiro atoms. The molecule has 2 aromatic rings. The topological polar surface area (TPSA) is 76.2 Å². The third kappa shape index (κ3) is 5.19. The first-order valence-electron chi connectivity index (χ1n) is 10.5. The number of unbranched alkanes of at least 4 members (excludes halogenated alkanes) is 1. The van der Waals surface area contributed by atoms with Crippen molar-refractivity contribution in [1.82, 2.24) is 9.21 Å². The van der Waals surface area contributed by atoms with Gasteiger partial charge in [-0.3, -0.25) is 4.79 Å². The number of benzene rings is 2. The number of methoxy groups -OCH3 is 2. The van der Waals surface area contributed by atoms with E-state index in [1.807, 2.05) is 19.1 Å². The summed E-state index contributed by atoms with van der Waals surface area (Å²) in [4.78, 5) is 15.0. The molecule has 0 radical (unpaired) electrons. The fourth-order valence-electron chi connectivity index (χ4n) is 3.71. The van der Waals surface area contributed by atoms with Crippen LogP contribution in [-0.2, 0) is 27.8 Å². The maximum absolute atomic E-state index is 13.1. The highest BCUT2D eigenvalue weighted by Crippen LogP contribution is 2.33. The fourth-order valence-corrected chi connectivity index (χ4v) is 5.16. The number of rotatable bonds is 9. The molecule has 1 aliphatic heterocycles. The highest BCUT2D eigenvalue weighted by molar-refractivity contribution is 7.89. The standard InChI is InChI=1S/C23H30N2O5S/c1-4-5-12-25(31(27,28)20-9-7-6-8-10-20)17-23(26)24-13-11-18-14-21(29-2)22(30-3)15-19(18)16-24/h6-10,14-15H,4-5,11-13,16-17H2,1-3H3. The van der Waals surface area contributed by atoms with E-state index in [2.05, 4.69) is 0 Å². The van der Waals surface area contributed by atoms with Crippen LogP contribution in [0.4, 0.5) is 0 Å². The third-order valence-electron chi connectivity index (χ3n) is 5.52. The van der Waals surface area contributed by atoms with Crippen molar-refractivity contribution < 1.29 is 22.7 Å². The van der Waals surface area contributed by atoms with E-state index in [1.54, 1.807) is 49.5 Å². The molecular weight excluding hydrogens is 416 g/mol. The van der Waals surface area contributed by atoms with Crippen molar-refractivity contribution in [3.63, 3.8) is 0 Å². The van der Waals surface area contributed by atoms with Crippen LogP contribution in [-0.4, -0.2) is 57.4 Å². The van der Waals surface area contributed by atoms with Crippen LogP contribution in [0.3, 0.4) is 0 Å². The normalized spacial score (nSPS) is 13.7. The molecule has 31 heavy (non-hydrogen) atoms. The van der Waals surface area contributed by atoms with E-state index in [-0.39, 0.29) is 17.3 Å². The molecule has 0 bridgehead atoms. The average Bonchev–Trinajstić information content (AvgIpc) is 2.80. The molecule has 2 aromatic carbocycles. The summed E-state index contributed by atoms with van der Waals surface area (Å²) in [6.07, 6.45) is 2.22. The summed E-state index contributed by atoms with van der Waals surface area (Å²) in [5.74, 6) is 1.09. The Kier molecular flexibility index (Phi) is 7.56. The molecule has 0 fully saturated rings. The average molecular weight is 447 g/mol. The summed E-state index contributed by atoms with van der Waals surface area (Å²) >= 11 is 0. The summed E-state index contributed by atoms with van der Waals surface area (Å²) in [5, 5.41) is 0. The number of nitrogens with zero attached hydrogens (tertiary/aromatic N) is 2. The van der Waals surface area contributed by atoms with Gasteiger partial charge >= 0.3 is 0 Å². The minimum absolute atomic E-state index is 0.167. The Balaban J connectivity index is 1.78. The minimum atomic E-state index is -3.74. The Bertz CT molecular complexity index is 1010. The van der Waals surface area contributed by atoms with E-state index in [4.69, 9.17) is 9.47 Å². The molecule has 0 aromatic heterocycles. The maximum Gasteiger partial charge on any atom is 0.243 e. The molecule has 7 nitrogen and oxygen atoms in total. The van der Waals surface area contributed by atoms with Crippen LogP contribution in [0, 0.1) is 0 Å². The minimum Gasteiger partial charge on any atom is -0.493 e. The van der Waals surface area contributed by atoms with Crippen LogP contribution in [0.5, 0.6) is 11.5 Å². The van der Waals surface area contributed by atoms with Crippen LogP contribution in [0.1, 0.15) is 30.9 Å². The second-order valence-corrected chi connectivity index (χ2v) is 9.48. The van der Waals surface area contributed by atoms with Gasteiger partial charge in [0, 0.05) is 19.6 Å². The molecular formula is C23H30N2O5S. The van der Waals surface area contributed by atoms with E-state index in [1.165, 1.54) is 4.31 Å². The molecule has 1 amide bonds. The van der Waals surface area contributed by atoms with Crippen LogP contribution in [0.15, 0.2) is 47.4 Å². The largest absolute Gasteiger partial charge is 0.493 e. The monoisotopic (exact) mass is 446 g/mol. The lowest BCUT2D eigenvalue weighted by Crippen LogP contribution is -2.44. The van der Waals surface area contributed by atoms with Crippen molar-refractivity contribution in [3.8, 4) is 11.5 Å². The van der Waals surface area contributed by atoms with Crippen molar-refractivity contribution in [3.05, 3.63) is 53.6 Å². The van der Waals surface area contributed by atoms with Gasteiger partial charge in [-0.15, -0.1) is 0 Å². The Morgan fingerprint density at radius 1 is 1.06 bits per heavy atom. The number of amides is 1. The molecule has 0 N–H and O–H groups in total. The SMILES string of the molecule is CCCCN(CC(=O)N1CCc2cc(OC)c(OC)cc2C1)S(=O)(=O)c1ccccc1. The predicted octanol–water partition coefficient (Wildman–Crippen LogP) is 3.08. The zero-order valence-electron chi connectivity index (χ0n) is 18.3. The molecule has 168 valence electrons. The van der Waals surface area contributed by atoms with Crippen molar-refractivity contribution in [2.24, 2.45) is 0 Å². The van der Waals surface area contributed by atoms with Crippen LogP contribution < -0.4 is 9.47 Å². The van der Waals surface area contributed by atoms with E-state index in [0.29, 0.717) is 44.0 Å². The van der Waals surface area contributed by atoms with Gasteiger partial charge in [0.2, 0.25) is 15.9 Å². The second kappa shape index (κ2) is 10.2. The number of carbonyl (C=O) groups is 1. The van der Waals surface area contributed by atoms with E-state index in [0.717, 1.165) is 17.5 Å². The van der Waals surface area contributed by atoms with Gasteiger partial charge in [-0.25, -0.2) is 8.42 Å². The first-order chi connectivity index (χ1) is 14.9. The smallest absolute Gasteiger partial charge is 0.243 e. The molecule has 3 rings (SSSR count). The molecule has 0 saturated heterocycles. The summed E-state index contributed by atoms with van der Waals surface area (Å²) in [7, 11) is -0.560. The van der Waals surface area contributed by atoms with Crippen molar-refractivity contribution in [2.75, 3.05) is 33.9 Å². The highest BCUT2D eigenvalue weighted by atomic mass is 32.2. The first-order valence-corrected chi connectivity index (χ1v) is 11.9. The van der Waals surface area contributed by atoms with Gasteiger partial charge in [-0.1, -0.05) is 31.5 Å². The molecule has 8 heteroatoms. The van der Waals surface area contributed by atoms with Gasteiger partial charge in [-0.2, -0.15) is 4.31 Å². The predicted molar refractivity (Wildman–Crippen MR) is 119 cm³/mol. The Hall–Kier alpha value is -2.58. The molecule has 1 aliphatic rings. The lowest BCUT2D eigenvalue weighted by molar-refractivity contribution is -0.132. The number of sulfonamides is 1. The first kappa shape index (κ1) is 23.1. The van der Waals surface area contributed by atoms with E-state index in [9.17, 15) is 13.2 Å². The van der Waals surface area contributed by atoms with E-state index < -0.39 is 10.0 Å². The van der Waals surface area contributed by atoms with Crippen molar-refractivity contribution >= 4 is 15.9 Å². The van der Waals surface area contributed by atoms with Crippen molar-refractivity contribution in [2.45, 2.75) is 37.6 Å². The van der Waals surface area contributed by atoms with Crippen LogP contribution in [0.2, 0.25) is 0 Å². The summed E-state index contributed by atoms with van der Waals surface area (Å²) in [5.41, 5.74) is 2.10. The maximum atomic E-state index is 13.1. The number of ether oxygens (including phenoxy) is 2. The van der Waals surface area contributed by atoms with Gasteiger partial charge in [0.15, 0.2) is 11.5 Å². The quantitative estimate of drug-likeness (QED) is 0.592. The Morgan fingerprint density at radius 3 is 2.32 bits per heavy atom. The fraction of sp³-hybridized carbons (Fsp3) is 0.435. The lowest BCUT2D eigenvalue weighted by atomic mass is 9.98. The summed E-state index contributed by atoms with van der Waals surface area (Å²) in [6.45, 7) is 3.10. The number of fused-ring (bicyclic) bond motifs is 1. The lowest BCUT2D eigenvalue weighted by Gasteiger charge is -2.31. The molecule has 0 atom stereocenters. The van der Waals surface area contributed by atoms with Gasteiger partial charge in [0.25, 0.3) is 0 Å². The highest BCUT2D eigenvalue weighted by Gasteiger charge is 2.29. The third-order valence-corrected chi connectivity index (χ3v) is 7.38. The van der Waals surface area contributed by atoms with Crippen molar-refractivity contribution in [1.29, 1.82) is 0 Å².